The van der Waals surface area contributed by atoms with E-state index in [9.17, 15) is 14.0 Å². The summed E-state index contributed by atoms with van der Waals surface area (Å²) in [5.41, 5.74) is 2.13. The number of rotatable bonds is 10. The second kappa shape index (κ2) is 13.1. The standard InChI is InChI=1S/C30H25Cl2FN2O3/c31-24-14-10-21(11-15-24)18-34-30(37)29(23-6-2-1-3-7-23)35(19-22-12-16-25(33)17-13-22)28(36)20-38-27-9-5-4-8-26(27)32/h1-17,29H,18-20H2,(H,34,37). The normalized spacial score (nSPS) is 11.4. The van der Waals surface area contributed by atoms with Crippen LogP contribution in [0.4, 0.5) is 4.39 Å². The first kappa shape index (κ1) is 27.2. The number of para-hydroxylation sites is 1. The Morgan fingerprint density at radius 3 is 2.13 bits per heavy atom. The van der Waals surface area contributed by atoms with Crippen LogP contribution in [-0.2, 0) is 22.7 Å². The van der Waals surface area contributed by atoms with Gasteiger partial charge in [0.2, 0.25) is 5.91 Å². The summed E-state index contributed by atoms with van der Waals surface area (Å²) in [5, 5.41) is 3.89. The molecule has 0 radical (unpaired) electrons. The summed E-state index contributed by atoms with van der Waals surface area (Å²) in [4.78, 5) is 28.7. The van der Waals surface area contributed by atoms with Crippen molar-refractivity contribution < 1.29 is 18.7 Å². The molecule has 0 saturated heterocycles. The van der Waals surface area contributed by atoms with E-state index < -0.39 is 17.8 Å². The molecule has 8 heteroatoms. The van der Waals surface area contributed by atoms with E-state index in [1.165, 1.54) is 17.0 Å². The zero-order chi connectivity index (χ0) is 26.9. The highest BCUT2D eigenvalue weighted by Crippen LogP contribution is 2.26. The van der Waals surface area contributed by atoms with Crippen LogP contribution in [0.1, 0.15) is 22.7 Å². The van der Waals surface area contributed by atoms with E-state index in [-0.39, 0.29) is 25.6 Å². The van der Waals surface area contributed by atoms with Gasteiger partial charge in [0.05, 0.1) is 5.02 Å². The third kappa shape index (κ3) is 7.34. The molecule has 0 aliphatic carbocycles. The molecule has 0 bridgehead atoms. The molecule has 38 heavy (non-hydrogen) atoms. The molecular weight excluding hydrogens is 526 g/mol. The minimum absolute atomic E-state index is 0.0545. The van der Waals surface area contributed by atoms with Crippen molar-refractivity contribution in [2.45, 2.75) is 19.1 Å². The molecule has 0 aliphatic rings. The number of carbonyl (C=O) groups is 2. The summed E-state index contributed by atoms with van der Waals surface area (Å²) in [6, 6.07) is 27.8. The third-order valence-corrected chi connectivity index (χ3v) is 6.39. The van der Waals surface area contributed by atoms with Gasteiger partial charge in [-0.15, -0.1) is 0 Å². The van der Waals surface area contributed by atoms with Crippen molar-refractivity contribution >= 4 is 35.0 Å². The first-order chi connectivity index (χ1) is 18.4. The number of nitrogens with one attached hydrogen (secondary N) is 1. The highest BCUT2D eigenvalue weighted by molar-refractivity contribution is 6.32. The predicted octanol–water partition coefficient (Wildman–Crippen LogP) is 6.60. The summed E-state index contributed by atoms with van der Waals surface area (Å²) in [6.07, 6.45) is 0. The van der Waals surface area contributed by atoms with Crippen molar-refractivity contribution in [1.29, 1.82) is 0 Å². The maximum absolute atomic E-state index is 13.6. The molecule has 5 nitrogen and oxygen atoms in total. The number of halogens is 3. The Morgan fingerprint density at radius 2 is 1.45 bits per heavy atom. The molecule has 1 N–H and O–H groups in total. The van der Waals surface area contributed by atoms with Crippen LogP contribution >= 0.6 is 23.2 Å². The molecule has 0 aliphatic heterocycles. The van der Waals surface area contributed by atoms with Crippen molar-refractivity contribution in [1.82, 2.24) is 10.2 Å². The van der Waals surface area contributed by atoms with Gasteiger partial charge < -0.3 is 15.0 Å². The summed E-state index contributed by atoms with van der Waals surface area (Å²) in [7, 11) is 0. The van der Waals surface area contributed by atoms with Gasteiger partial charge >= 0.3 is 0 Å². The third-order valence-electron chi connectivity index (χ3n) is 5.83. The van der Waals surface area contributed by atoms with E-state index >= 15 is 0 Å². The molecule has 194 valence electrons. The lowest BCUT2D eigenvalue weighted by Crippen LogP contribution is -2.45. The largest absolute Gasteiger partial charge is 0.482 e. The fraction of sp³-hybridized carbons (Fsp3) is 0.133. The predicted molar refractivity (Wildman–Crippen MR) is 146 cm³/mol. The number of benzene rings is 4. The van der Waals surface area contributed by atoms with Gasteiger partial charge in [-0.05, 0) is 53.1 Å². The fourth-order valence-electron chi connectivity index (χ4n) is 3.89. The van der Waals surface area contributed by atoms with E-state index in [2.05, 4.69) is 5.32 Å². The van der Waals surface area contributed by atoms with E-state index in [1.807, 2.05) is 18.2 Å². The Kier molecular flexibility index (Phi) is 9.35. The Labute approximate surface area is 230 Å². The molecule has 1 atom stereocenters. The maximum atomic E-state index is 13.6. The minimum Gasteiger partial charge on any atom is -0.482 e. The molecule has 0 aromatic heterocycles. The maximum Gasteiger partial charge on any atom is 0.261 e. The van der Waals surface area contributed by atoms with Crippen LogP contribution in [0.15, 0.2) is 103 Å². The number of hydrogen-bond donors (Lipinski definition) is 1. The van der Waals surface area contributed by atoms with Gasteiger partial charge in [-0.25, -0.2) is 4.39 Å². The summed E-state index contributed by atoms with van der Waals surface area (Å²) in [6.45, 7) is -0.0499. The van der Waals surface area contributed by atoms with Crippen LogP contribution < -0.4 is 10.1 Å². The molecular formula is C30H25Cl2FN2O3. The number of amides is 2. The first-order valence-corrected chi connectivity index (χ1v) is 12.6. The molecule has 4 rings (SSSR count). The first-order valence-electron chi connectivity index (χ1n) is 11.9. The number of nitrogens with zero attached hydrogens (tertiary/aromatic N) is 1. The van der Waals surface area contributed by atoms with Crippen LogP contribution in [0.2, 0.25) is 10.0 Å². The van der Waals surface area contributed by atoms with E-state index in [1.54, 1.807) is 72.8 Å². The Hall–Kier alpha value is -3.87. The van der Waals surface area contributed by atoms with Gasteiger partial charge in [0.1, 0.15) is 17.6 Å². The average molecular weight is 551 g/mol. The SMILES string of the molecule is O=C(NCc1ccc(Cl)cc1)C(c1ccccc1)N(Cc1ccc(F)cc1)C(=O)COc1ccccc1Cl. The minimum atomic E-state index is -0.976. The second-order valence-electron chi connectivity index (χ2n) is 8.52. The highest BCUT2D eigenvalue weighted by atomic mass is 35.5. The zero-order valence-corrected chi connectivity index (χ0v) is 21.8. The van der Waals surface area contributed by atoms with Crippen molar-refractivity contribution in [3.8, 4) is 5.75 Å². The van der Waals surface area contributed by atoms with Crippen LogP contribution in [0.25, 0.3) is 0 Å². The summed E-state index contributed by atoms with van der Waals surface area (Å²) in [5.74, 6) is -0.856. The van der Waals surface area contributed by atoms with Crippen LogP contribution in [-0.4, -0.2) is 23.3 Å². The molecule has 0 spiro atoms. The Bertz CT molecular complexity index is 1370. The lowest BCUT2D eigenvalue weighted by molar-refractivity contribution is -0.143. The number of ether oxygens (including phenoxy) is 1. The van der Waals surface area contributed by atoms with Crippen LogP contribution in [0.3, 0.4) is 0 Å². The monoisotopic (exact) mass is 550 g/mol. The van der Waals surface area contributed by atoms with Crippen molar-refractivity contribution in [2.24, 2.45) is 0 Å². The molecule has 4 aromatic carbocycles. The van der Waals surface area contributed by atoms with Crippen LogP contribution in [0, 0.1) is 5.82 Å². The van der Waals surface area contributed by atoms with E-state index in [0.29, 0.717) is 26.9 Å². The average Bonchev–Trinajstić information content (AvgIpc) is 2.93. The van der Waals surface area contributed by atoms with Gasteiger partial charge in [0, 0.05) is 18.1 Å². The van der Waals surface area contributed by atoms with Gasteiger partial charge in [0.15, 0.2) is 6.61 Å². The molecule has 1 unspecified atom stereocenters. The van der Waals surface area contributed by atoms with Gasteiger partial charge in [-0.3, -0.25) is 9.59 Å². The fourth-order valence-corrected chi connectivity index (χ4v) is 4.21. The molecule has 0 fully saturated rings. The summed E-state index contributed by atoms with van der Waals surface area (Å²) < 4.78 is 19.3. The van der Waals surface area contributed by atoms with Crippen molar-refractivity contribution in [3.63, 3.8) is 0 Å². The van der Waals surface area contributed by atoms with Gasteiger partial charge in [-0.2, -0.15) is 0 Å². The van der Waals surface area contributed by atoms with E-state index in [0.717, 1.165) is 5.56 Å². The molecule has 2 amide bonds. The Balaban J connectivity index is 1.63. The Morgan fingerprint density at radius 1 is 0.816 bits per heavy atom. The topological polar surface area (TPSA) is 58.6 Å². The highest BCUT2D eigenvalue weighted by Gasteiger charge is 2.32. The number of carbonyl (C=O) groups excluding carboxylic acids is 2. The lowest BCUT2D eigenvalue weighted by Gasteiger charge is -2.31. The quantitative estimate of drug-likeness (QED) is 0.242. The summed E-state index contributed by atoms with van der Waals surface area (Å²) >= 11 is 12.2. The van der Waals surface area contributed by atoms with E-state index in [4.69, 9.17) is 27.9 Å². The molecule has 0 saturated carbocycles. The molecule has 4 aromatic rings. The number of hydrogen-bond acceptors (Lipinski definition) is 3. The van der Waals surface area contributed by atoms with Crippen molar-refractivity contribution in [2.75, 3.05) is 6.61 Å². The van der Waals surface area contributed by atoms with Crippen LogP contribution in [0.5, 0.6) is 5.75 Å². The molecule has 0 heterocycles. The zero-order valence-electron chi connectivity index (χ0n) is 20.3. The lowest BCUT2D eigenvalue weighted by atomic mass is 10.0. The van der Waals surface area contributed by atoms with Gasteiger partial charge in [-0.1, -0.05) is 89.9 Å². The van der Waals surface area contributed by atoms with Gasteiger partial charge in [0.25, 0.3) is 5.91 Å². The second-order valence-corrected chi connectivity index (χ2v) is 9.37. The van der Waals surface area contributed by atoms with Crippen molar-refractivity contribution in [3.05, 3.63) is 136 Å². The smallest absolute Gasteiger partial charge is 0.261 e.